The number of fused-ring (bicyclic) bond motifs is 4. The van der Waals surface area contributed by atoms with Gasteiger partial charge in [-0.3, -0.25) is 0 Å². The first-order chi connectivity index (χ1) is 32.9. The van der Waals surface area contributed by atoms with E-state index in [0.29, 0.717) is 68.1 Å². The number of nitrogens with two attached hydrogens (primary N) is 1. The number of aromatic nitrogens is 8. The van der Waals surface area contributed by atoms with Gasteiger partial charge in [-0.15, -0.1) is 0 Å². The molecule has 15 nitrogen and oxygen atoms in total. The smallest absolute Gasteiger partial charge is 0.300 e. The van der Waals surface area contributed by atoms with Crippen LogP contribution >= 0.6 is 34.8 Å². The standard InChI is InChI=1S/C25H19Cl2N5O2.C25H21ClN6O2.B/c2*1-13-8-15(26)9-20-22(13)34-25(31-20)30-16-4-2-14(3-5-16)19-11-32(17-6-7-18(33)10-17)24-21(19)23(27)28-12-29-24;/h2-9,11-12,17-18,33H,10H2,1H3,(H,30,31);2-9,11-12,17-18,33H,10H2,1H3,(H,30,31)(H2,27,28,29);/t2*17-,18+;/m11./s1. The number of anilines is 5. The molecule has 6 N–H and O–H groups in total. The SMILES string of the molecule is Cc1cc(Cl)cc2nc(Nc3ccc(-c4cn([C@@H]5C=C[C@H](O)C5)c5ncnc(Cl)c45)cc3)oc12.Cc1cc(Cl)cc2nc(Nc3ccc(-c4cn([C@@H]5C=C[C@H](O)C5)c5ncnc(N)c45)cc3)oc12.[B]. The van der Waals surface area contributed by atoms with Gasteiger partial charge in [-0.05, 0) is 84.6 Å². The van der Waals surface area contributed by atoms with E-state index in [2.05, 4.69) is 40.5 Å². The van der Waals surface area contributed by atoms with E-state index < -0.39 is 12.2 Å². The normalized spacial score (nSPS) is 17.5. The van der Waals surface area contributed by atoms with Gasteiger partial charge in [-0.25, -0.2) is 19.9 Å². The highest BCUT2D eigenvalue weighted by Gasteiger charge is 2.25. The van der Waals surface area contributed by atoms with Crippen molar-refractivity contribution in [2.75, 3.05) is 16.4 Å². The third-order valence-electron chi connectivity index (χ3n) is 12.2. The number of aliphatic hydroxyl groups is 2. The average molecular weight is 976 g/mol. The summed E-state index contributed by atoms with van der Waals surface area (Å²) in [7, 11) is 0. The van der Waals surface area contributed by atoms with Crippen LogP contribution in [0.4, 0.5) is 29.2 Å². The number of allylic oxidation sites excluding steroid dienone is 2. The highest BCUT2D eigenvalue weighted by molar-refractivity contribution is 6.35. The molecule has 0 saturated heterocycles. The van der Waals surface area contributed by atoms with Crippen molar-refractivity contribution < 1.29 is 19.0 Å². The number of hydrogen-bond donors (Lipinski definition) is 5. The lowest BCUT2D eigenvalue weighted by Gasteiger charge is -2.12. The molecule has 2 aliphatic carbocycles. The molecule has 343 valence electrons. The number of nitrogens with one attached hydrogen (secondary N) is 2. The molecule has 0 unspecified atom stereocenters. The fraction of sp³-hybridized carbons (Fsp3) is 0.160. The second-order valence-corrected chi connectivity index (χ2v) is 18.0. The molecule has 2 aliphatic rings. The Morgan fingerprint density at radius 3 is 1.52 bits per heavy atom. The second kappa shape index (κ2) is 18.4. The van der Waals surface area contributed by atoms with E-state index in [-0.39, 0.29) is 20.5 Å². The van der Waals surface area contributed by atoms with Crippen molar-refractivity contribution in [3.05, 3.63) is 148 Å². The lowest BCUT2D eigenvalue weighted by Crippen LogP contribution is -2.08. The number of hydrogen-bond acceptors (Lipinski definition) is 13. The minimum Gasteiger partial charge on any atom is -0.423 e. The van der Waals surface area contributed by atoms with Gasteiger partial charge in [-0.1, -0.05) is 83.4 Å². The number of aryl methyl sites for hydroxylation is 2. The molecular weight excluding hydrogens is 936 g/mol. The maximum atomic E-state index is 9.95. The maximum Gasteiger partial charge on any atom is 0.300 e. The zero-order chi connectivity index (χ0) is 46.8. The highest BCUT2D eigenvalue weighted by Crippen LogP contribution is 2.40. The van der Waals surface area contributed by atoms with Gasteiger partial charge >= 0.3 is 0 Å². The Balaban J connectivity index is 0.000000158. The van der Waals surface area contributed by atoms with E-state index >= 15 is 0 Å². The van der Waals surface area contributed by atoms with Crippen molar-refractivity contribution in [3.63, 3.8) is 0 Å². The molecule has 12 rings (SSSR count). The molecule has 4 atom stereocenters. The molecule has 10 aromatic rings. The minimum atomic E-state index is -0.458. The number of nitrogens with zero attached hydrogens (tertiary/aromatic N) is 8. The Bertz CT molecular complexity index is 3390. The number of benzene rings is 4. The van der Waals surface area contributed by atoms with Crippen molar-refractivity contribution in [2.24, 2.45) is 0 Å². The first kappa shape index (κ1) is 45.6. The van der Waals surface area contributed by atoms with Gasteiger partial charge in [0.25, 0.3) is 12.0 Å². The number of aliphatic hydroxyl groups excluding tert-OH is 2. The van der Waals surface area contributed by atoms with Crippen LogP contribution in [0.25, 0.3) is 66.5 Å². The van der Waals surface area contributed by atoms with Crippen molar-refractivity contribution >= 4 is 117 Å². The Morgan fingerprint density at radius 2 is 1.06 bits per heavy atom. The number of nitrogen functional groups attached to an aromatic ring is 1. The monoisotopic (exact) mass is 974 g/mol. The quantitative estimate of drug-likeness (QED) is 0.0547. The van der Waals surface area contributed by atoms with Crippen LogP contribution in [0.5, 0.6) is 0 Å². The molecule has 3 radical (unpaired) electrons. The summed E-state index contributed by atoms with van der Waals surface area (Å²) in [5.74, 6) is 0.420. The Kier molecular flexibility index (Phi) is 12.1. The summed E-state index contributed by atoms with van der Waals surface area (Å²) >= 11 is 18.8. The lowest BCUT2D eigenvalue weighted by atomic mass is 10.1. The van der Waals surface area contributed by atoms with E-state index in [1.807, 2.05) is 114 Å². The predicted octanol–water partition coefficient (Wildman–Crippen LogP) is 11.5. The zero-order valence-electron chi connectivity index (χ0n) is 36.8. The summed E-state index contributed by atoms with van der Waals surface area (Å²) < 4.78 is 15.8. The van der Waals surface area contributed by atoms with E-state index in [1.54, 1.807) is 18.2 Å². The molecule has 6 aromatic heterocycles. The van der Waals surface area contributed by atoms with Crippen LogP contribution in [-0.4, -0.2) is 69.9 Å². The van der Waals surface area contributed by atoms with Crippen LogP contribution in [0.1, 0.15) is 36.1 Å². The van der Waals surface area contributed by atoms with Gasteiger partial charge in [0.15, 0.2) is 11.2 Å². The first-order valence-electron chi connectivity index (χ1n) is 21.7. The molecule has 0 spiro atoms. The number of oxazole rings is 2. The van der Waals surface area contributed by atoms with Gasteiger partial charge in [0.05, 0.1) is 35.1 Å². The molecule has 0 aliphatic heterocycles. The number of rotatable bonds is 8. The van der Waals surface area contributed by atoms with Crippen LogP contribution in [0.15, 0.2) is 131 Å². The van der Waals surface area contributed by atoms with Crippen molar-refractivity contribution in [1.29, 1.82) is 0 Å². The summed E-state index contributed by atoms with van der Waals surface area (Å²) in [6.45, 7) is 3.87. The molecule has 0 bridgehead atoms. The largest absolute Gasteiger partial charge is 0.423 e. The summed E-state index contributed by atoms with van der Waals surface area (Å²) in [6.07, 6.45) is 14.9. The van der Waals surface area contributed by atoms with Crippen LogP contribution < -0.4 is 16.4 Å². The Labute approximate surface area is 410 Å². The van der Waals surface area contributed by atoms with Crippen molar-refractivity contribution in [3.8, 4) is 22.3 Å². The van der Waals surface area contributed by atoms with Crippen molar-refractivity contribution in [1.82, 2.24) is 39.0 Å². The predicted molar refractivity (Wildman–Crippen MR) is 273 cm³/mol. The van der Waals surface area contributed by atoms with E-state index in [9.17, 15) is 10.2 Å². The topological polar surface area (TPSA) is 204 Å². The van der Waals surface area contributed by atoms with Crippen molar-refractivity contribution in [2.45, 2.75) is 51.0 Å². The zero-order valence-corrected chi connectivity index (χ0v) is 39.1. The van der Waals surface area contributed by atoms with Gasteiger partial charge in [0.1, 0.15) is 46.0 Å². The molecular formula is C50H40BCl3N11O4. The average Bonchev–Trinajstić information content (AvgIpc) is 4.18. The molecule has 4 aromatic carbocycles. The fourth-order valence-corrected chi connectivity index (χ4v) is 9.73. The Morgan fingerprint density at radius 1 is 0.609 bits per heavy atom. The lowest BCUT2D eigenvalue weighted by molar-refractivity contribution is 0.211. The summed E-state index contributed by atoms with van der Waals surface area (Å²) in [4.78, 5) is 26.3. The minimum absolute atomic E-state index is 0. The van der Waals surface area contributed by atoms with Crippen LogP contribution in [0.3, 0.4) is 0 Å². The molecule has 0 fully saturated rings. The molecule has 69 heavy (non-hydrogen) atoms. The summed E-state index contributed by atoms with van der Waals surface area (Å²) in [5.41, 5.74) is 17.9. The van der Waals surface area contributed by atoms with Gasteiger partial charge in [0.2, 0.25) is 0 Å². The molecule has 0 amide bonds. The maximum absolute atomic E-state index is 9.95. The number of halogens is 3. The molecule has 19 heteroatoms. The van der Waals surface area contributed by atoms with E-state index in [4.69, 9.17) is 49.4 Å². The van der Waals surface area contributed by atoms with Crippen LogP contribution in [0.2, 0.25) is 15.2 Å². The van der Waals surface area contributed by atoms with Gasteiger partial charge in [-0.2, -0.15) is 9.97 Å². The summed E-state index contributed by atoms with van der Waals surface area (Å²) in [6, 6.07) is 23.9. The second-order valence-electron chi connectivity index (χ2n) is 16.8. The van der Waals surface area contributed by atoms with Gasteiger partial charge in [0, 0.05) is 66.2 Å². The fourth-order valence-electron chi connectivity index (χ4n) is 8.97. The third kappa shape index (κ3) is 8.77. The van der Waals surface area contributed by atoms with Gasteiger partial charge < -0.3 is 44.5 Å². The summed E-state index contributed by atoms with van der Waals surface area (Å²) in [5, 5.41) is 29.5. The van der Waals surface area contributed by atoms with Crippen LogP contribution in [0, 0.1) is 13.8 Å². The highest BCUT2D eigenvalue weighted by atomic mass is 35.5. The van der Waals surface area contributed by atoms with E-state index in [0.717, 1.165) is 66.8 Å². The van der Waals surface area contributed by atoms with E-state index in [1.165, 1.54) is 12.7 Å². The first-order valence-corrected chi connectivity index (χ1v) is 22.8. The molecule has 0 saturated carbocycles. The Hall–Kier alpha value is -7.21. The third-order valence-corrected chi connectivity index (χ3v) is 12.9. The van der Waals surface area contributed by atoms with Crippen LogP contribution in [-0.2, 0) is 0 Å². The molecule has 6 heterocycles.